The molecule has 0 fully saturated rings. The van der Waals surface area contributed by atoms with Gasteiger partial charge in [0.25, 0.3) is 0 Å². The van der Waals surface area contributed by atoms with Gasteiger partial charge < -0.3 is 0 Å². The van der Waals surface area contributed by atoms with Crippen molar-refractivity contribution in [2.24, 2.45) is 5.92 Å². The van der Waals surface area contributed by atoms with Gasteiger partial charge in [-0.2, -0.15) is 0 Å². The second-order valence-corrected chi connectivity index (χ2v) is 4.45. The van der Waals surface area contributed by atoms with Crippen LogP contribution in [0, 0.1) is 5.92 Å². The van der Waals surface area contributed by atoms with E-state index in [4.69, 9.17) is 0 Å². The third-order valence-corrected chi connectivity index (χ3v) is 2.99. The zero-order valence-electron chi connectivity index (χ0n) is 11.1. The maximum absolute atomic E-state index is 11.8. The van der Waals surface area contributed by atoms with E-state index in [2.05, 4.69) is 13.8 Å². The highest BCUT2D eigenvalue weighted by atomic mass is 16.1. The molecular formula is C14H26O2. The van der Waals surface area contributed by atoms with Crippen LogP contribution in [0.25, 0.3) is 0 Å². The molecule has 0 rings (SSSR count). The van der Waals surface area contributed by atoms with Crippen molar-refractivity contribution in [2.45, 2.75) is 72.1 Å². The molecule has 1 unspecified atom stereocenters. The van der Waals surface area contributed by atoms with Gasteiger partial charge >= 0.3 is 0 Å². The Morgan fingerprint density at radius 2 is 1.31 bits per heavy atom. The zero-order chi connectivity index (χ0) is 12.4. The van der Waals surface area contributed by atoms with Crippen LogP contribution in [0.2, 0.25) is 0 Å². The largest absolute Gasteiger partial charge is 0.299 e. The summed E-state index contributed by atoms with van der Waals surface area (Å²) in [5.41, 5.74) is 0. The molecule has 0 aliphatic carbocycles. The van der Waals surface area contributed by atoms with E-state index in [1.165, 1.54) is 0 Å². The van der Waals surface area contributed by atoms with E-state index in [1.807, 2.05) is 6.92 Å². The second kappa shape index (κ2) is 9.56. The lowest BCUT2D eigenvalue weighted by Crippen LogP contribution is -2.23. The van der Waals surface area contributed by atoms with Crippen LogP contribution in [0.5, 0.6) is 0 Å². The number of rotatable bonds is 10. The molecule has 0 aromatic rings. The number of hydrogen-bond donors (Lipinski definition) is 0. The quantitative estimate of drug-likeness (QED) is 0.418. The van der Waals surface area contributed by atoms with Crippen LogP contribution in [-0.4, -0.2) is 11.6 Å². The lowest BCUT2D eigenvalue weighted by atomic mass is 9.90. The summed E-state index contributed by atoms with van der Waals surface area (Å²) in [6.07, 6.45) is 6.92. The Bertz CT molecular complexity index is 209. The molecule has 16 heavy (non-hydrogen) atoms. The molecule has 0 aliphatic rings. The minimum atomic E-state index is -0.316. The number of hydrogen-bond acceptors (Lipinski definition) is 2. The number of carbonyl (C=O) groups is 2. The predicted molar refractivity (Wildman–Crippen MR) is 67.5 cm³/mol. The zero-order valence-corrected chi connectivity index (χ0v) is 11.1. The molecule has 1 atom stereocenters. The van der Waals surface area contributed by atoms with E-state index in [-0.39, 0.29) is 17.5 Å². The molecule has 0 aliphatic heterocycles. The summed E-state index contributed by atoms with van der Waals surface area (Å²) in [5.74, 6) is 0.00584. The average Bonchev–Trinajstić information content (AvgIpc) is 2.27. The molecule has 0 saturated heterocycles. The fourth-order valence-electron chi connectivity index (χ4n) is 1.88. The summed E-state index contributed by atoms with van der Waals surface area (Å²) >= 11 is 0. The van der Waals surface area contributed by atoms with Crippen molar-refractivity contribution in [3.8, 4) is 0 Å². The minimum Gasteiger partial charge on any atom is -0.299 e. The van der Waals surface area contributed by atoms with Gasteiger partial charge in [0.2, 0.25) is 0 Å². The first-order valence-electron chi connectivity index (χ1n) is 6.72. The Kier molecular flexibility index (Phi) is 9.16. The molecule has 2 heteroatoms. The van der Waals surface area contributed by atoms with Gasteiger partial charge in [0, 0.05) is 12.8 Å². The SMILES string of the molecule is CCCCCC(=O)C(CC)C(=O)CCCC. The third-order valence-electron chi connectivity index (χ3n) is 2.99. The van der Waals surface area contributed by atoms with Gasteiger partial charge in [-0.3, -0.25) is 9.59 Å². The summed E-state index contributed by atoms with van der Waals surface area (Å²) in [4.78, 5) is 23.6. The van der Waals surface area contributed by atoms with E-state index < -0.39 is 0 Å². The summed E-state index contributed by atoms with van der Waals surface area (Å²) in [6.45, 7) is 6.12. The standard InChI is InChI=1S/C14H26O2/c1-4-7-9-11-14(16)12(6-3)13(15)10-8-5-2/h12H,4-11H2,1-3H3. The normalized spacial score (nSPS) is 12.4. The van der Waals surface area contributed by atoms with Gasteiger partial charge in [-0.15, -0.1) is 0 Å². The smallest absolute Gasteiger partial charge is 0.143 e. The Labute approximate surface area is 99.8 Å². The highest BCUT2D eigenvalue weighted by Gasteiger charge is 2.22. The molecule has 2 nitrogen and oxygen atoms in total. The Hall–Kier alpha value is -0.660. The van der Waals surface area contributed by atoms with Crippen molar-refractivity contribution in [3.05, 3.63) is 0 Å². The summed E-state index contributed by atoms with van der Waals surface area (Å²) < 4.78 is 0. The third kappa shape index (κ3) is 6.04. The van der Waals surface area contributed by atoms with Gasteiger partial charge in [0.1, 0.15) is 11.6 Å². The van der Waals surface area contributed by atoms with E-state index in [0.29, 0.717) is 19.3 Å². The molecule has 0 bridgehead atoms. The summed E-state index contributed by atoms with van der Waals surface area (Å²) in [5, 5.41) is 0. The van der Waals surface area contributed by atoms with Crippen LogP contribution < -0.4 is 0 Å². The molecule has 0 amide bonds. The van der Waals surface area contributed by atoms with Crippen molar-refractivity contribution in [2.75, 3.05) is 0 Å². The lowest BCUT2D eigenvalue weighted by molar-refractivity contribution is -0.133. The number of carbonyl (C=O) groups excluding carboxylic acids is 2. The van der Waals surface area contributed by atoms with E-state index in [0.717, 1.165) is 32.1 Å². The first-order valence-corrected chi connectivity index (χ1v) is 6.72. The molecule has 94 valence electrons. The number of unbranched alkanes of at least 4 members (excludes halogenated alkanes) is 3. The topological polar surface area (TPSA) is 34.1 Å². The monoisotopic (exact) mass is 226 g/mol. The number of Topliss-reactive ketones (excluding diaryl/α,β-unsaturated/α-hetero) is 2. The van der Waals surface area contributed by atoms with Gasteiger partial charge in [-0.05, 0) is 19.3 Å². The Morgan fingerprint density at radius 1 is 0.812 bits per heavy atom. The highest BCUT2D eigenvalue weighted by molar-refractivity contribution is 6.02. The van der Waals surface area contributed by atoms with Gasteiger partial charge in [-0.1, -0.05) is 40.0 Å². The van der Waals surface area contributed by atoms with E-state index >= 15 is 0 Å². The maximum Gasteiger partial charge on any atom is 0.143 e. The summed E-state index contributed by atoms with van der Waals surface area (Å²) in [7, 11) is 0. The van der Waals surface area contributed by atoms with Crippen molar-refractivity contribution in [1.82, 2.24) is 0 Å². The van der Waals surface area contributed by atoms with Gasteiger partial charge in [0.15, 0.2) is 0 Å². The van der Waals surface area contributed by atoms with Crippen molar-refractivity contribution < 1.29 is 9.59 Å². The highest BCUT2D eigenvalue weighted by Crippen LogP contribution is 2.14. The van der Waals surface area contributed by atoms with E-state index in [9.17, 15) is 9.59 Å². The fourth-order valence-corrected chi connectivity index (χ4v) is 1.88. The van der Waals surface area contributed by atoms with Crippen LogP contribution in [0.4, 0.5) is 0 Å². The number of ketones is 2. The minimum absolute atomic E-state index is 0.158. The molecule has 0 N–H and O–H groups in total. The van der Waals surface area contributed by atoms with Gasteiger partial charge in [-0.25, -0.2) is 0 Å². The first-order chi connectivity index (χ1) is 7.67. The lowest BCUT2D eigenvalue weighted by Gasteiger charge is -2.12. The second-order valence-electron chi connectivity index (χ2n) is 4.45. The van der Waals surface area contributed by atoms with Crippen molar-refractivity contribution in [1.29, 1.82) is 0 Å². The predicted octanol–water partition coefficient (Wildman–Crippen LogP) is 3.92. The van der Waals surface area contributed by atoms with Gasteiger partial charge in [0.05, 0.1) is 5.92 Å². The molecule has 0 spiro atoms. The van der Waals surface area contributed by atoms with Crippen LogP contribution in [0.3, 0.4) is 0 Å². The average molecular weight is 226 g/mol. The van der Waals surface area contributed by atoms with Crippen molar-refractivity contribution in [3.63, 3.8) is 0 Å². The fraction of sp³-hybridized carbons (Fsp3) is 0.857. The van der Waals surface area contributed by atoms with Crippen LogP contribution in [0.1, 0.15) is 72.1 Å². The summed E-state index contributed by atoms with van der Waals surface area (Å²) in [6, 6.07) is 0. The van der Waals surface area contributed by atoms with Crippen LogP contribution in [0.15, 0.2) is 0 Å². The van der Waals surface area contributed by atoms with Crippen molar-refractivity contribution >= 4 is 11.6 Å². The first kappa shape index (κ1) is 15.3. The molecule has 0 saturated carbocycles. The Balaban J connectivity index is 4.04. The van der Waals surface area contributed by atoms with Crippen LogP contribution >= 0.6 is 0 Å². The molecule has 0 heterocycles. The van der Waals surface area contributed by atoms with Crippen LogP contribution in [-0.2, 0) is 9.59 Å². The Morgan fingerprint density at radius 3 is 1.75 bits per heavy atom. The molecular weight excluding hydrogens is 200 g/mol. The molecule has 0 aromatic heterocycles. The maximum atomic E-state index is 11.8. The molecule has 0 aromatic carbocycles. The molecule has 0 radical (unpaired) electrons. The van der Waals surface area contributed by atoms with E-state index in [1.54, 1.807) is 0 Å².